The lowest BCUT2D eigenvalue weighted by atomic mass is 10.2. The second-order valence-electron chi connectivity index (χ2n) is 2.65. The van der Waals surface area contributed by atoms with Crippen LogP contribution in [0, 0.1) is 0 Å². The molecule has 0 amide bonds. The third kappa shape index (κ3) is 5.36. The van der Waals surface area contributed by atoms with Crippen molar-refractivity contribution in [1.82, 2.24) is 0 Å². The number of carboxylic acid groups (broad SMARTS) is 1. The van der Waals surface area contributed by atoms with E-state index in [-0.39, 0.29) is 5.75 Å². The summed E-state index contributed by atoms with van der Waals surface area (Å²) in [5.41, 5.74) is 0.930. The topological polar surface area (TPSA) is 66.8 Å². The maximum absolute atomic E-state index is 9.17. The largest absolute Gasteiger partial charge is 0.504 e. The normalized spacial score (nSPS) is 8.40. The van der Waals surface area contributed by atoms with Crippen molar-refractivity contribution in [2.75, 3.05) is 7.11 Å². The zero-order chi connectivity index (χ0) is 11.8. The Morgan fingerprint density at radius 1 is 1.53 bits per heavy atom. The third-order valence-corrected chi connectivity index (χ3v) is 1.44. The van der Waals surface area contributed by atoms with Crippen LogP contribution in [-0.2, 0) is 4.79 Å². The summed E-state index contributed by atoms with van der Waals surface area (Å²) >= 11 is 0. The van der Waals surface area contributed by atoms with Gasteiger partial charge >= 0.3 is 0 Å². The molecule has 1 aromatic carbocycles. The fourth-order valence-electron chi connectivity index (χ4n) is 0.821. The van der Waals surface area contributed by atoms with Gasteiger partial charge in [0.05, 0.1) is 7.11 Å². The molecule has 2 N–H and O–H groups in total. The molecular formula is C11H14O4. The predicted octanol–water partition coefficient (Wildman–Crippen LogP) is 2.13. The lowest BCUT2D eigenvalue weighted by Crippen LogP contribution is -1.83. The first-order valence-corrected chi connectivity index (χ1v) is 4.20. The zero-order valence-electron chi connectivity index (χ0n) is 8.73. The highest BCUT2D eigenvalue weighted by Crippen LogP contribution is 2.26. The molecule has 1 rings (SSSR count). The summed E-state index contributed by atoms with van der Waals surface area (Å²) in [4.78, 5) is 9.00. The molecule has 0 radical (unpaired) electrons. The summed E-state index contributed by atoms with van der Waals surface area (Å²) in [6.07, 6.45) is 1.70. The molecule has 0 fully saturated rings. The van der Waals surface area contributed by atoms with E-state index in [9.17, 15) is 5.11 Å². The van der Waals surface area contributed by atoms with Gasteiger partial charge in [0, 0.05) is 6.92 Å². The van der Waals surface area contributed by atoms with E-state index in [1.165, 1.54) is 7.11 Å². The summed E-state index contributed by atoms with van der Waals surface area (Å²) < 4.78 is 4.89. The Bertz CT molecular complexity index is 340. The SMILES string of the molecule is C=Cc1ccc(O)c(OC)c1.CC(=O)O. The van der Waals surface area contributed by atoms with E-state index in [0.717, 1.165) is 12.5 Å². The molecule has 0 aliphatic carbocycles. The second kappa shape index (κ2) is 6.48. The quantitative estimate of drug-likeness (QED) is 0.784. The van der Waals surface area contributed by atoms with Crippen LogP contribution in [-0.4, -0.2) is 23.3 Å². The number of hydrogen-bond acceptors (Lipinski definition) is 3. The Morgan fingerprint density at radius 3 is 2.47 bits per heavy atom. The predicted molar refractivity (Wildman–Crippen MR) is 58.1 cm³/mol. The Labute approximate surface area is 88.4 Å². The maximum atomic E-state index is 9.17. The van der Waals surface area contributed by atoms with Gasteiger partial charge in [-0.15, -0.1) is 0 Å². The number of phenolic OH excluding ortho intramolecular Hbond substituents is 1. The van der Waals surface area contributed by atoms with Crippen molar-refractivity contribution in [3.05, 3.63) is 30.3 Å². The van der Waals surface area contributed by atoms with E-state index in [4.69, 9.17) is 14.6 Å². The van der Waals surface area contributed by atoms with Crippen LogP contribution in [0.3, 0.4) is 0 Å². The number of benzene rings is 1. The first-order valence-electron chi connectivity index (χ1n) is 4.20. The molecule has 0 atom stereocenters. The van der Waals surface area contributed by atoms with E-state index in [0.29, 0.717) is 5.75 Å². The fraction of sp³-hybridized carbons (Fsp3) is 0.182. The molecule has 0 spiro atoms. The van der Waals surface area contributed by atoms with Crippen molar-refractivity contribution in [2.24, 2.45) is 0 Å². The minimum absolute atomic E-state index is 0.151. The molecule has 0 heterocycles. The number of hydrogen-bond donors (Lipinski definition) is 2. The Morgan fingerprint density at radius 2 is 2.07 bits per heavy atom. The highest BCUT2D eigenvalue weighted by Gasteiger charge is 1.98. The van der Waals surface area contributed by atoms with Gasteiger partial charge in [-0.05, 0) is 17.7 Å². The highest BCUT2D eigenvalue weighted by molar-refractivity contribution is 5.62. The number of aromatic hydroxyl groups is 1. The average molecular weight is 210 g/mol. The number of ether oxygens (including phenoxy) is 1. The van der Waals surface area contributed by atoms with E-state index < -0.39 is 5.97 Å². The van der Waals surface area contributed by atoms with Gasteiger partial charge in [0.2, 0.25) is 0 Å². The van der Waals surface area contributed by atoms with Crippen molar-refractivity contribution in [3.8, 4) is 11.5 Å². The Hall–Kier alpha value is -1.97. The molecule has 82 valence electrons. The first-order chi connectivity index (χ1) is 7.01. The lowest BCUT2D eigenvalue weighted by Gasteiger charge is -2.02. The molecule has 0 saturated carbocycles. The van der Waals surface area contributed by atoms with E-state index in [2.05, 4.69) is 6.58 Å². The minimum Gasteiger partial charge on any atom is -0.504 e. The number of methoxy groups -OCH3 is 1. The van der Waals surface area contributed by atoms with Gasteiger partial charge in [-0.1, -0.05) is 18.7 Å². The summed E-state index contributed by atoms with van der Waals surface area (Å²) in [6.45, 7) is 4.68. The second-order valence-corrected chi connectivity index (χ2v) is 2.65. The molecular weight excluding hydrogens is 196 g/mol. The van der Waals surface area contributed by atoms with Crippen molar-refractivity contribution < 1.29 is 19.7 Å². The Kier molecular flexibility index (Phi) is 5.63. The molecule has 4 heteroatoms. The molecule has 0 unspecified atom stereocenters. The number of carbonyl (C=O) groups is 1. The van der Waals surface area contributed by atoms with Gasteiger partial charge in [0.15, 0.2) is 11.5 Å². The van der Waals surface area contributed by atoms with E-state index >= 15 is 0 Å². The van der Waals surface area contributed by atoms with Crippen molar-refractivity contribution in [2.45, 2.75) is 6.92 Å². The van der Waals surface area contributed by atoms with Gasteiger partial charge < -0.3 is 14.9 Å². The van der Waals surface area contributed by atoms with Gasteiger partial charge in [0.1, 0.15) is 0 Å². The lowest BCUT2D eigenvalue weighted by molar-refractivity contribution is -0.134. The summed E-state index contributed by atoms with van der Waals surface area (Å²) in [5, 5.41) is 16.6. The molecule has 4 nitrogen and oxygen atoms in total. The van der Waals surface area contributed by atoms with Gasteiger partial charge in [-0.3, -0.25) is 4.79 Å². The van der Waals surface area contributed by atoms with Gasteiger partial charge in [0.25, 0.3) is 5.97 Å². The molecule has 0 saturated heterocycles. The monoisotopic (exact) mass is 210 g/mol. The van der Waals surface area contributed by atoms with Gasteiger partial charge in [-0.2, -0.15) is 0 Å². The van der Waals surface area contributed by atoms with Crippen LogP contribution < -0.4 is 4.74 Å². The number of carboxylic acids is 1. The first kappa shape index (κ1) is 13.0. The van der Waals surface area contributed by atoms with Crippen LogP contribution in [0.25, 0.3) is 6.08 Å². The summed E-state index contributed by atoms with van der Waals surface area (Å²) in [5.74, 6) is -0.208. The van der Waals surface area contributed by atoms with Gasteiger partial charge in [-0.25, -0.2) is 0 Å². The van der Waals surface area contributed by atoms with Crippen molar-refractivity contribution in [3.63, 3.8) is 0 Å². The van der Waals surface area contributed by atoms with Crippen LogP contribution in [0.15, 0.2) is 24.8 Å². The van der Waals surface area contributed by atoms with Crippen molar-refractivity contribution >= 4 is 12.0 Å². The molecule has 0 bridgehead atoms. The highest BCUT2D eigenvalue weighted by atomic mass is 16.5. The Balaban J connectivity index is 0.000000423. The van der Waals surface area contributed by atoms with Crippen LogP contribution in [0.5, 0.6) is 11.5 Å². The molecule has 1 aromatic rings. The molecule has 15 heavy (non-hydrogen) atoms. The van der Waals surface area contributed by atoms with Crippen LogP contribution in [0.4, 0.5) is 0 Å². The number of aliphatic carboxylic acids is 1. The van der Waals surface area contributed by atoms with Crippen molar-refractivity contribution in [1.29, 1.82) is 0 Å². The molecule has 0 aliphatic rings. The minimum atomic E-state index is -0.833. The summed E-state index contributed by atoms with van der Waals surface area (Å²) in [6, 6.07) is 5.07. The zero-order valence-corrected chi connectivity index (χ0v) is 8.73. The van der Waals surface area contributed by atoms with Crippen LogP contribution >= 0.6 is 0 Å². The smallest absolute Gasteiger partial charge is 0.300 e. The van der Waals surface area contributed by atoms with Crippen LogP contribution in [0.1, 0.15) is 12.5 Å². The number of phenols is 1. The molecule has 0 aliphatic heterocycles. The summed E-state index contributed by atoms with van der Waals surface area (Å²) in [7, 11) is 1.52. The average Bonchev–Trinajstić information content (AvgIpc) is 2.18. The fourth-order valence-corrected chi connectivity index (χ4v) is 0.821. The molecule has 0 aromatic heterocycles. The van der Waals surface area contributed by atoms with E-state index in [1.807, 2.05) is 0 Å². The standard InChI is InChI=1S/C9H10O2.C2H4O2/c1-3-7-4-5-8(10)9(6-7)11-2;1-2(3)4/h3-6,10H,1H2,2H3;1H3,(H,3,4). The van der Waals surface area contributed by atoms with E-state index in [1.54, 1.807) is 24.3 Å². The third-order valence-electron chi connectivity index (χ3n) is 1.44. The number of rotatable bonds is 2. The van der Waals surface area contributed by atoms with Crippen LogP contribution in [0.2, 0.25) is 0 Å². The maximum Gasteiger partial charge on any atom is 0.300 e.